The fourth-order valence-electron chi connectivity index (χ4n) is 1.38. The summed E-state index contributed by atoms with van der Waals surface area (Å²) in [7, 11) is 0. The number of hydrogen-bond donors (Lipinski definition) is 3. The Balaban J connectivity index is 2.36. The van der Waals surface area contributed by atoms with Crippen molar-refractivity contribution in [1.29, 1.82) is 0 Å². The van der Waals surface area contributed by atoms with Crippen LogP contribution < -0.4 is 11.1 Å². The molecule has 0 spiro atoms. The van der Waals surface area contributed by atoms with Crippen LogP contribution in [0.1, 0.15) is 15.9 Å². The highest BCUT2D eigenvalue weighted by Crippen LogP contribution is 2.09. The second-order valence-corrected chi connectivity index (χ2v) is 3.68. The van der Waals surface area contributed by atoms with Crippen LogP contribution in [0.3, 0.4) is 0 Å². The van der Waals surface area contributed by atoms with Crippen molar-refractivity contribution in [1.82, 2.24) is 5.32 Å². The average Bonchev–Trinajstić information content (AvgIpc) is 2.35. The third kappa shape index (κ3) is 4.79. The van der Waals surface area contributed by atoms with Gasteiger partial charge in [-0.05, 0) is 12.1 Å². The minimum Gasteiger partial charge on any atom is -0.394 e. The molecule has 18 heavy (non-hydrogen) atoms. The molecule has 1 amide bonds. The predicted molar refractivity (Wildman–Crippen MR) is 64.5 cm³/mol. The molecule has 0 atom stereocenters. The van der Waals surface area contributed by atoms with Gasteiger partial charge < -0.3 is 20.9 Å². The van der Waals surface area contributed by atoms with Gasteiger partial charge >= 0.3 is 0 Å². The van der Waals surface area contributed by atoms with Crippen LogP contribution in [0, 0.1) is 5.82 Å². The molecule has 5 nitrogen and oxygen atoms in total. The first kappa shape index (κ1) is 14.6. The molecule has 1 aromatic rings. The maximum Gasteiger partial charge on any atom is 0.248 e. The van der Waals surface area contributed by atoms with E-state index < -0.39 is 11.7 Å². The lowest BCUT2D eigenvalue weighted by Gasteiger charge is -2.07. The highest BCUT2D eigenvalue weighted by Gasteiger charge is 2.06. The van der Waals surface area contributed by atoms with Gasteiger partial charge in [-0.15, -0.1) is 0 Å². The first-order valence-corrected chi connectivity index (χ1v) is 5.62. The van der Waals surface area contributed by atoms with E-state index >= 15 is 0 Å². The topological polar surface area (TPSA) is 84.6 Å². The van der Waals surface area contributed by atoms with Gasteiger partial charge in [0.15, 0.2) is 0 Å². The van der Waals surface area contributed by atoms with Crippen LogP contribution in [0.15, 0.2) is 18.2 Å². The monoisotopic (exact) mass is 256 g/mol. The van der Waals surface area contributed by atoms with E-state index in [1.54, 1.807) is 0 Å². The summed E-state index contributed by atoms with van der Waals surface area (Å²) >= 11 is 0. The van der Waals surface area contributed by atoms with Crippen LogP contribution in [-0.4, -0.2) is 37.4 Å². The van der Waals surface area contributed by atoms with Crippen molar-refractivity contribution in [2.45, 2.75) is 6.54 Å². The fraction of sp³-hybridized carbons (Fsp3) is 0.417. The van der Waals surface area contributed by atoms with Crippen LogP contribution in [-0.2, 0) is 11.3 Å². The Morgan fingerprint density at radius 2 is 2.22 bits per heavy atom. The minimum absolute atomic E-state index is 0.0107. The molecule has 0 aromatic heterocycles. The Morgan fingerprint density at radius 3 is 2.83 bits per heavy atom. The molecule has 0 aliphatic carbocycles. The molecule has 1 aromatic carbocycles. The molecule has 0 radical (unpaired) electrons. The molecule has 0 saturated heterocycles. The van der Waals surface area contributed by atoms with Crippen LogP contribution >= 0.6 is 0 Å². The Bertz CT molecular complexity index is 399. The number of aliphatic hydroxyl groups excluding tert-OH is 1. The summed E-state index contributed by atoms with van der Waals surface area (Å²) in [5.41, 5.74) is 5.66. The average molecular weight is 256 g/mol. The zero-order chi connectivity index (χ0) is 13.4. The highest BCUT2D eigenvalue weighted by molar-refractivity contribution is 5.92. The van der Waals surface area contributed by atoms with Gasteiger partial charge in [0.2, 0.25) is 5.91 Å². The first-order valence-electron chi connectivity index (χ1n) is 5.62. The smallest absolute Gasteiger partial charge is 0.248 e. The largest absolute Gasteiger partial charge is 0.394 e. The number of halogens is 1. The van der Waals surface area contributed by atoms with Crippen molar-refractivity contribution in [2.75, 3.05) is 26.4 Å². The summed E-state index contributed by atoms with van der Waals surface area (Å²) < 4.78 is 18.6. The summed E-state index contributed by atoms with van der Waals surface area (Å²) in [4.78, 5) is 10.8. The summed E-state index contributed by atoms with van der Waals surface area (Å²) in [5.74, 6) is -1.11. The van der Waals surface area contributed by atoms with Crippen molar-refractivity contribution in [3.8, 4) is 0 Å². The van der Waals surface area contributed by atoms with Crippen LogP contribution in [0.4, 0.5) is 4.39 Å². The molecule has 0 unspecified atom stereocenters. The SMILES string of the molecule is NC(=O)c1ccc(CNCCOCCO)c(F)c1. The number of amides is 1. The fourth-order valence-corrected chi connectivity index (χ4v) is 1.38. The number of hydrogen-bond acceptors (Lipinski definition) is 4. The third-order valence-corrected chi connectivity index (χ3v) is 2.31. The van der Waals surface area contributed by atoms with Crippen LogP contribution in [0.5, 0.6) is 0 Å². The van der Waals surface area contributed by atoms with Crippen molar-refractivity contribution >= 4 is 5.91 Å². The van der Waals surface area contributed by atoms with E-state index in [0.29, 0.717) is 31.9 Å². The number of primary amides is 1. The van der Waals surface area contributed by atoms with E-state index in [9.17, 15) is 9.18 Å². The van der Waals surface area contributed by atoms with Crippen LogP contribution in [0.2, 0.25) is 0 Å². The van der Waals surface area contributed by atoms with Crippen molar-refractivity contribution in [3.63, 3.8) is 0 Å². The zero-order valence-corrected chi connectivity index (χ0v) is 9.99. The Hall–Kier alpha value is -1.50. The highest BCUT2D eigenvalue weighted by atomic mass is 19.1. The van der Waals surface area contributed by atoms with Gasteiger partial charge in [0.25, 0.3) is 0 Å². The summed E-state index contributed by atoms with van der Waals surface area (Å²) in [6, 6.07) is 4.14. The van der Waals surface area contributed by atoms with E-state index in [1.807, 2.05) is 0 Å². The number of carbonyl (C=O) groups excluding carboxylic acids is 1. The van der Waals surface area contributed by atoms with E-state index in [-0.39, 0.29) is 12.2 Å². The third-order valence-electron chi connectivity index (χ3n) is 2.31. The normalized spacial score (nSPS) is 10.6. The van der Waals surface area contributed by atoms with Gasteiger partial charge in [-0.25, -0.2) is 4.39 Å². The molecular weight excluding hydrogens is 239 g/mol. The molecule has 100 valence electrons. The van der Waals surface area contributed by atoms with Gasteiger partial charge in [0, 0.05) is 24.2 Å². The Kier molecular flexibility index (Phi) is 6.27. The van der Waals surface area contributed by atoms with Gasteiger partial charge in [-0.2, -0.15) is 0 Å². The van der Waals surface area contributed by atoms with E-state index in [4.69, 9.17) is 15.6 Å². The summed E-state index contributed by atoms with van der Waals surface area (Å²) in [6.07, 6.45) is 0. The lowest BCUT2D eigenvalue weighted by Crippen LogP contribution is -2.21. The molecular formula is C12H17FN2O3. The van der Waals surface area contributed by atoms with Gasteiger partial charge in [-0.1, -0.05) is 6.07 Å². The summed E-state index contributed by atoms with van der Waals surface area (Å²) in [5, 5.41) is 11.5. The molecule has 4 N–H and O–H groups in total. The lowest BCUT2D eigenvalue weighted by molar-refractivity contribution is 0.0937. The van der Waals surface area contributed by atoms with Crippen LogP contribution in [0.25, 0.3) is 0 Å². The Morgan fingerprint density at radius 1 is 1.44 bits per heavy atom. The molecule has 0 heterocycles. The van der Waals surface area contributed by atoms with Crippen molar-refractivity contribution in [3.05, 3.63) is 35.1 Å². The van der Waals surface area contributed by atoms with E-state index in [0.717, 1.165) is 6.07 Å². The maximum absolute atomic E-state index is 13.5. The lowest BCUT2D eigenvalue weighted by atomic mass is 10.1. The number of nitrogens with two attached hydrogens (primary N) is 1. The first-order chi connectivity index (χ1) is 8.65. The van der Waals surface area contributed by atoms with Gasteiger partial charge in [-0.3, -0.25) is 4.79 Å². The number of aliphatic hydroxyl groups is 1. The molecule has 1 rings (SSSR count). The van der Waals surface area contributed by atoms with Crippen molar-refractivity contribution in [2.24, 2.45) is 5.73 Å². The zero-order valence-electron chi connectivity index (χ0n) is 9.99. The van der Waals surface area contributed by atoms with Gasteiger partial charge in [0.1, 0.15) is 5.82 Å². The second-order valence-electron chi connectivity index (χ2n) is 3.68. The predicted octanol–water partition coefficient (Wildman–Crippen LogP) is 0.0231. The molecule has 0 bridgehead atoms. The Labute approximate surface area is 105 Å². The molecule has 6 heteroatoms. The number of nitrogens with one attached hydrogen (secondary N) is 1. The number of benzene rings is 1. The second kappa shape index (κ2) is 7.75. The molecule has 0 fully saturated rings. The number of carbonyl (C=O) groups is 1. The maximum atomic E-state index is 13.5. The van der Waals surface area contributed by atoms with Crippen molar-refractivity contribution < 1.29 is 19.0 Å². The van der Waals surface area contributed by atoms with Gasteiger partial charge in [0.05, 0.1) is 19.8 Å². The molecule has 0 saturated carbocycles. The standard InChI is InChI=1S/C12H17FN2O3/c13-11-7-9(12(14)17)1-2-10(11)8-15-3-5-18-6-4-16/h1-2,7,15-16H,3-6,8H2,(H2,14,17). The molecule has 0 aliphatic rings. The minimum atomic E-state index is -0.647. The number of rotatable bonds is 8. The quantitative estimate of drug-likeness (QED) is 0.573. The summed E-state index contributed by atoms with van der Waals surface area (Å²) in [6.45, 7) is 1.62. The van der Waals surface area contributed by atoms with E-state index in [2.05, 4.69) is 5.32 Å². The number of ether oxygens (including phenoxy) is 1. The molecule has 0 aliphatic heterocycles. The van der Waals surface area contributed by atoms with E-state index in [1.165, 1.54) is 12.1 Å².